The van der Waals surface area contributed by atoms with E-state index in [1.807, 2.05) is 68.4 Å². The molecule has 3 aromatic carbocycles. The lowest BCUT2D eigenvalue weighted by Gasteiger charge is -2.21. The molecule has 0 bridgehead atoms. The molecule has 0 aromatic heterocycles. The number of hydrogen-bond donors (Lipinski definition) is 0. The molecule has 3 aromatic rings. The summed E-state index contributed by atoms with van der Waals surface area (Å²) in [6.45, 7) is 4.69. The highest BCUT2D eigenvalue weighted by Gasteiger charge is 2.47. The van der Waals surface area contributed by atoms with Gasteiger partial charge in [-0.1, -0.05) is 42.5 Å². The van der Waals surface area contributed by atoms with Gasteiger partial charge in [-0.2, -0.15) is 0 Å². The van der Waals surface area contributed by atoms with Crippen LogP contribution in [0.2, 0.25) is 0 Å². The minimum absolute atomic E-state index is 0.0264. The first-order valence-corrected chi connectivity index (χ1v) is 10.1. The highest BCUT2D eigenvalue weighted by Crippen LogP contribution is 2.57. The van der Waals surface area contributed by atoms with Gasteiger partial charge >= 0.3 is 0 Å². The maximum atomic E-state index is 14.4. The fraction of sp³-hybridized carbons (Fsp3) is 0.231. The van der Waals surface area contributed by atoms with Crippen molar-refractivity contribution < 1.29 is 13.9 Å². The van der Waals surface area contributed by atoms with Crippen molar-refractivity contribution in [1.82, 2.24) is 0 Å². The normalized spacial score (nSPS) is 15.1. The Hall–Kier alpha value is -3.07. The Bertz CT molecular complexity index is 1000. The molecule has 0 spiro atoms. The lowest BCUT2D eigenvalue weighted by molar-refractivity contribution is 0.340. The van der Waals surface area contributed by atoms with Gasteiger partial charge in [0, 0.05) is 5.41 Å². The number of halogens is 1. The number of allylic oxidation sites excluding steroid dienone is 2. The Balaban J connectivity index is 1.65. The Labute approximate surface area is 171 Å². The highest BCUT2D eigenvalue weighted by atomic mass is 19.1. The van der Waals surface area contributed by atoms with E-state index in [4.69, 9.17) is 9.47 Å². The molecular formula is C26H25FO2. The number of benzene rings is 3. The Morgan fingerprint density at radius 3 is 2.31 bits per heavy atom. The van der Waals surface area contributed by atoms with E-state index in [1.165, 1.54) is 17.2 Å². The second kappa shape index (κ2) is 8.12. The van der Waals surface area contributed by atoms with Crippen LogP contribution in [0, 0.1) is 5.82 Å². The van der Waals surface area contributed by atoms with Gasteiger partial charge in [0.2, 0.25) is 0 Å². The standard InChI is InChI=1S/C26H25FO2/c1-3-23(26(16-17-26)20-11-13-21(14-12-20)28-4-2)19-10-15-24(27)25(18-19)29-22-8-6-5-7-9-22/h3,5-15,18H,4,16-17H2,1-2H3/b23-3+. The summed E-state index contributed by atoms with van der Waals surface area (Å²) in [6.07, 6.45) is 4.29. The molecule has 1 fully saturated rings. The topological polar surface area (TPSA) is 18.5 Å². The maximum Gasteiger partial charge on any atom is 0.165 e. The van der Waals surface area contributed by atoms with Crippen molar-refractivity contribution in [3.63, 3.8) is 0 Å². The van der Waals surface area contributed by atoms with Crippen LogP contribution in [0.4, 0.5) is 4.39 Å². The van der Waals surface area contributed by atoms with E-state index in [1.54, 1.807) is 0 Å². The quantitative estimate of drug-likeness (QED) is 0.428. The number of rotatable bonds is 7. The number of para-hydroxylation sites is 1. The third kappa shape index (κ3) is 3.91. The first-order valence-electron chi connectivity index (χ1n) is 10.1. The van der Waals surface area contributed by atoms with Crippen LogP contribution in [-0.2, 0) is 5.41 Å². The van der Waals surface area contributed by atoms with E-state index < -0.39 is 0 Å². The lowest BCUT2D eigenvalue weighted by Crippen LogP contribution is -2.10. The minimum Gasteiger partial charge on any atom is -0.494 e. The molecule has 1 aliphatic carbocycles. The van der Waals surface area contributed by atoms with Crippen LogP contribution in [0.15, 0.2) is 78.9 Å². The number of ether oxygens (including phenoxy) is 2. The van der Waals surface area contributed by atoms with E-state index in [2.05, 4.69) is 18.2 Å². The summed E-state index contributed by atoms with van der Waals surface area (Å²) < 4.78 is 25.8. The zero-order valence-electron chi connectivity index (χ0n) is 16.8. The van der Waals surface area contributed by atoms with Gasteiger partial charge in [-0.3, -0.25) is 0 Å². The van der Waals surface area contributed by atoms with Crippen molar-refractivity contribution in [3.8, 4) is 17.2 Å². The van der Waals surface area contributed by atoms with Crippen LogP contribution in [0.5, 0.6) is 17.2 Å². The van der Waals surface area contributed by atoms with Crippen LogP contribution in [0.3, 0.4) is 0 Å². The summed E-state index contributed by atoms with van der Waals surface area (Å²) in [4.78, 5) is 0. The molecule has 29 heavy (non-hydrogen) atoms. The van der Waals surface area contributed by atoms with Gasteiger partial charge in [0.15, 0.2) is 11.6 Å². The molecule has 0 N–H and O–H groups in total. The van der Waals surface area contributed by atoms with Crippen molar-refractivity contribution in [2.45, 2.75) is 32.1 Å². The summed E-state index contributed by atoms with van der Waals surface area (Å²) in [7, 11) is 0. The van der Waals surface area contributed by atoms with Gasteiger partial charge in [-0.15, -0.1) is 0 Å². The van der Waals surface area contributed by atoms with E-state index in [0.717, 1.165) is 24.2 Å². The van der Waals surface area contributed by atoms with Gasteiger partial charge < -0.3 is 9.47 Å². The predicted molar refractivity (Wildman–Crippen MR) is 115 cm³/mol. The molecule has 0 aliphatic heterocycles. The smallest absolute Gasteiger partial charge is 0.165 e. The van der Waals surface area contributed by atoms with Crippen molar-refractivity contribution in [1.29, 1.82) is 0 Å². The molecule has 0 saturated heterocycles. The molecule has 0 atom stereocenters. The van der Waals surface area contributed by atoms with Gasteiger partial charge in [0.1, 0.15) is 11.5 Å². The molecule has 148 valence electrons. The second-order valence-electron chi connectivity index (χ2n) is 7.30. The molecular weight excluding hydrogens is 363 g/mol. The predicted octanol–water partition coefficient (Wildman–Crippen LogP) is 7.15. The molecule has 1 saturated carbocycles. The minimum atomic E-state index is -0.362. The summed E-state index contributed by atoms with van der Waals surface area (Å²) >= 11 is 0. The van der Waals surface area contributed by atoms with E-state index in [-0.39, 0.29) is 17.0 Å². The van der Waals surface area contributed by atoms with Gasteiger partial charge in [0.25, 0.3) is 0 Å². The van der Waals surface area contributed by atoms with E-state index in [0.29, 0.717) is 12.4 Å². The molecule has 3 heteroatoms. The molecule has 0 heterocycles. The zero-order chi connectivity index (χ0) is 20.3. The third-order valence-electron chi connectivity index (χ3n) is 5.49. The van der Waals surface area contributed by atoms with Crippen molar-refractivity contribution in [3.05, 3.63) is 95.8 Å². The lowest BCUT2D eigenvalue weighted by atomic mass is 9.83. The molecule has 0 unspecified atom stereocenters. The molecule has 0 amide bonds. The largest absolute Gasteiger partial charge is 0.494 e. The van der Waals surface area contributed by atoms with Crippen LogP contribution in [0.1, 0.15) is 37.8 Å². The second-order valence-corrected chi connectivity index (χ2v) is 7.30. The third-order valence-corrected chi connectivity index (χ3v) is 5.49. The van der Waals surface area contributed by atoms with Crippen molar-refractivity contribution in [2.24, 2.45) is 0 Å². The summed E-state index contributed by atoms with van der Waals surface area (Å²) in [5.74, 6) is 1.39. The first kappa shape index (κ1) is 19.3. The fourth-order valence-electron chi connectivity index (χ4n) is 3.96. The van der Waals surface area contributed by atoms with E-state index in [9.17, 15) is 4.39 Å². The Kier molecular flexibility index (Phi) is 5.39. The van der Waals surface area contributed by atoms with Crippen molar-refractivity contribution >= 4 is 5.57 Å². The summed E-state index contributed by atoms with van der Waals surface area (Å²) in [5.41, 5.74) is 3.44. The SMILES string of the molecule is C/C=C(\c1ccc(F)c(Oc2ccccc2)c1)C1(c2ccc(OCC)cc2)CC1. The van der Waals surface area contributed by atoms with Crippen LogP contribution in [0.25, 0.3) is 5.57 Å². The summed E-state index contributed by atoms with van der Waals surface area (Å²) in [5, 5.41) is 0. The fourth-order valence-corrected chi connectivity index (χ4v) is 3.96. The van der Waals surface area contributed by atoms with Crippen molar-refractivity contribution in [2.75, 3.05) is 6.61 Å². The van der Waals surface area contributed by atoms with Gasteiger partial charge in [-0.25, -0.2) is 4.39 Å². The number of hydrogen-bond acceptors (Lipinski definition) is 2. The average molecular weight is 388 g/mol. The van der Waals surface area contributed by atoms with Crippen LogP contribution >= 0.6 is 0 Å². The Morgan fingerprint density at radius 2 is 1.69 bits per heavy atom. The van der Waals surface area contributed by atoms with Gasteiger partial charge in [0.05, 0.1) is 6.61 Å². The van der Waals surface area contributed by atoms with Crippen LogP contribution in [-0.4, -0.2) is 6.61 Å². The molecule has 2 nitrogen and oxygen atoms in total. The monoisotopic (exact) mass is 388 g/mol. The molecule has 4 rings (SSSR count). The van der Waals surface area contributed by atoms with Gasteiger partial charge in [-0.05, 0) is 79.8 Å². The molecule has 0 radical (unpaired) electrons. The average Bonchev–Trinajstić information content (AvgIpc) is 3.54. The Morgan fingerprint density at radius 1 is 0.966 bits per heavy atom. The van der Waals surface area contributed by atoms with Crippen LogP contribution < -0.4 is 9.47 Å². The summed E-state index contributed by atoms with van der Waals surface area (Å²) in [6, 6.07) is 22.8. The first-order chi connectivity index (χ1) is 14.2. The zero-order valence-corrected chi connectivity index (χ0v) is 16.8. The molecule has 1 aliphatic rings. The maximum absolute atomic E-state index is 14.4. The highest BCUT2D eigenvalue weighted by molar-refractivity contribution is 5.79. The van der Waals surface area contributed by atoms with E-state index >= 15 is 0 Å².